The molecule has 4 rings (SSSR count). The highest BCUT2D eigenvalue weighted by molar-refractivity contribution is 5.73. The maximum atomic E-state index is 13.0. The molecular formula is C21H25N3O3. The van der Waals surface area contributed by atoms with Crippen molar-refractivity contribution in [2.75, 3.05) is 25.5 Å². The third-order valence-electron chi connectivity index (χ3n) is 5.69. The van der Waals surface area contributed by atoms with E-state index in [0.717, 1.165) is 30.0 Å². The first kappa shape index (κ1) is 17.6. The minimum Gasteiger partial charge on any atom is -0.497 e. The van der Waals surface area contributed by atoms with Crippen LogP contribution in [0.15, 0.2) is 41.2 Å². The van der Waals surface area contributed by atoms with Gasteiger partial charge in [0.15, 0.2) is 0 Å². The summed E-state index contributed by atoms with van der Waals surface area (Å²) in [6.07, 6.45) is 1.06. The monoisotopic (exact) mass is 367 g/mol. The zero-order valence-electron chi connectivity index (χ0n) is 15.8. The van der Waals surface area contributed by atoms with Crippen molar-refractivity contribution in [3.63, 3.8) is 0 Å². The minimum atomic E-state index is 0.0342. The highest BCUT2D eigenvalue weighted by Gasteiger charge is 2.35. The summed E-state index contributed by atoms with van der Waals surface area (Å²) in [6.45, 7) is 4.36. The van der Waals surface area contributed by atoms with Crippen LogP contribution in [0.2, 0.25) is 0 Å². The zero-order chi connectivity index (χ0) is 19.0. The summed E-state index contributed by atoms with van der Waals surface area (Å²) in [7, 11) is 1.65. The van der Waals surface area contributed by atoms with E-state index in [1.807, 2.05) is 45.9 Å². The van der Waals surface area contributed by atoms with Crippen molar-refractivity contribution in [1.82, 2.24) is 9.47 Å². The van der Waals surface area contributed by atoms with Crippen LogP contribution in [0.3, 0.4) is 0 Å². The van der Waals surface area contributed by atoms with E-state index in [1.54, 1.807) is 14.0 Å². The number of amides is 1. The van der Waals surface area contributed by atoms with Gasteiger partial charge in [0.2, 0.25) is 5.91 Å². The summed E-state index contributed by atoms with van der Waals surface area (Å²) in [5.74, 6) is 1.55. The van der Waals surface area contributed by atoms with Gasteiger partial charge >= 0.3 is 0 Å². The third-order valence-corrected chi connectivity index (χ3v) is 5.69. The molecule has 2 bridgehead atoms. The van der Waals surface area contributed by atoms with Crippen LogP contribution < -0.4 is 15.6 Å². The van der Waals surface area contributed by atoms with Crippen molar-refractivity contribution in [3.8, 4) is 5.75 Å². The van der Waals surface area contributed by atoms with E-state index < -0.39 is 0 Å². The van der Waals surface area contributed by atoms with Gasteiger partial charge < -0.3 is 19.5 Å². The maximum absolute atomic E-state index is 13.0. The van der Waals surface area contributed by atoms with Crippen LogP contribution in [-0.4, -0.2) is 35.6 Å². The summed E-state index contributed by atoms with van der Waals surface area (Å²) in [5.41, 5.74) is 2.80. The summed E-state index contributed by atoms with van der Waals surface area (Å²) < 4.78 is 7.08. The second kappa shape index (κ2) is 7.10. The van der Waals surface area contributed by atoms with Crippen molar-refractivity contribution < 1.29 is 9.53 Å². The predicted molar refractivity (Wildman–Crippen MR) is 104 cm³/mol. The number of nitrogens with one attached hydrogen (secondary N) is 1. The van der Waals surface area contributed by atoms with E-state index in [9.17, 15) is 9.59 Å². The van der Waals surface area contributed by atoms with Crippen LogP contribution >= 0.6 is 0 Å². The fourth-order valence-corrected chi connectivity index (χ4v) is 4.28. The summed E-state index contributed by atoms with van der Waals surface area (Å²) in [4.78, 5) is 26.7. The van der Waals surface area contributed by atoms with Crippen LogP contribution in [0.1, 0.15) is 30.5 Å². The van der Waals surface area contributed by atoms with Gasteiger partial charge in [-0.1, -0.05) is 12.1 Å². The molecule has 2 atom stereocenters. The molecule has 142 valence electrons. The number of hydrogen-bond acceptors (Lipinski definition) is 4. The Morgan fingerprint density at radius 3 is 2.63 bits per heavy atom. The number of ether oxygens (including phenoxy) is 1. The lowest BCUT2D eigenvalue weighted by Crippen LogP contribution is -2.48. The number of rotatable bonds is 4. The second-order valence-electron chi connectivity index (χ2n) is 7.51. The van der Waals surface area contributed by atoms with Crippen molar-refractivity contribution in [2.24, 2.45) is 5.92 Å². The molecule has 2 aromatic rings. The summed E-state index contributed by atoms with van der Waals surface area (Å²) in [5, 5.41) is 3.27. The molecule has 2 aliphatic heterocycles. The SMILES string of the molecule is COc1ccc(CNc2ccc3n(c2=O)C[C@@H]2C[C@@H]3CN(C(C)=O)C2)cc1. The highest BCUT2D eigenvalue weighted by Crippen LogP contribution is 2.35. The molecule has 0 unspecified atom stereocenters. The molecule has 27 heavy (non-hydrogen) atoms. The van der Waals surface area contributed by atoms with Crippen LogP contribution in [0.4, 0.5) is 5.69 Å². The molecule has 6 nitrogen and oxygen atoms in total. The second-order valence-corrected chi connectivity index (χ2v) is 7.51. The van der Waals surface area contributed by atoms with Gasteiger partial charge in [0.25, 0.3) is 5.56 Å². The average Bonchev–Trinajstić information content (AvgIpc) is 2.68. The fraction of sp³-hybridized carbons (Fsp3) is 0.429. The van der Waals surface area contributed by atoms with Crippen molar-refractivity contribution >= 4 is 11.6 Å². The Morgan fingerprint density at radius 2 is 1.93 bits per heavy atom. The molecule has 0 radical (unpaired) electrons. The molecule has 1 saturated heterocycles. The lowest BCUT2D eigenvalue weighted by Gasteiger charge is -2.42. The standard InChI is InChI=1S/C21H25N3O3/c1-14(25)23-11-16-9-17(13-23)20-8-7-19(21(26)24(20)12-16)22-10-15-3-5-18(27-2)6-4-15/h3-8,16-17,22H,9-13H2,1-2H3/t16-,17-/m1/s1. The van der Waals surface area contributed by atoms with E-state index in [-0.39, 0.29) is 17.4 Å². The Hall–Kier alpha value is -2.76. The molecule has 3 heterocycles. The predicted octanol–water partition coefficient (Wildman–Crippen LogP) is 2.43. The summed E-state index contributed by atoms with van der Waals surface area (Å²) >= 11 is 0. The highest BCUT2D eigenvalue weighted by atomic mass is 16.5. The molecule has 0 saturated carbocycles. The van der Waals surface area contributed by atoms with Gasteiger partial charge in [0, 0.05) is 44.7 Å². The first-order valence-corrected chi connectivity index (χ1v) is 9.41. The zero-order valence-corrected chi connectivity index (χ0v) is 15.8. The van der Waals surface area contributed by atoms with Gasteiger partial charge in [-0.15, -0.1) is 0 Å². The van der Waals surface area contributed by atoms with Gasteiger partial charge in [0.05, 0.1) is 7.11 Å². The lowest BCUT2D eigenvalue weighted by molar-refractivity contribution is -0.131. The van der Waals surface area contributed by atoms with Gasteiger partial charge in [-0.3, -0.25) is 9.59 Å². The maximum Gasteiger partial charge on any atom is 0.274 e. The first-order chi connectivity index (χ1) is 13.0. The molecule has 1 N–H and O–H groups in total. The molecular weight excluding hydrogens is 342 g/mol. The van der Waals surface area contributed by atoms with Crippen molar-refractivity contribution in [1.29, 1.82) is 0 Å². The smallest absolute Gasteiger partial charge is 0.274 e. The topological polar surface area (TPSA) is 63.6 Å². The van der Waals surface area contributed by atoms with Gasteiger partial charge in [0.1, 0.15) is 11.4 Å². The Morgan fingerprint density at radius 1 is 1.15 bits per heavy atom. The number of nitrogens with zero attached hydrogens (tertiary/aromatic N) is 2. The molecule has 1 fully saturated rings. The van der Waals surface area contributed by atoms with E-state index >= 15 is 0 Å². The number of pyridine rings is 1. The number of likely N-dealkylation sites (tertiary alicyclic amines) is 1. The van der Waals surface area contributed by atoms with Crippen LogP contribution in [0.5, 0.6) is 5.75 Å². The lowest BCUT2D eigenvalue weighted by atomic mass is 9.83. The van der Waals surface area contributed by atoms with E-state index in [2.05, 4.69) is 5.32 Å². The third kappa shape index (κ3) is 3.44. The molecule has 1 aromatic carbocycles. The number of carbonyl (C=O) groups is 1. The minimum absolute atomic E-state index is 0.0342. The molecule has 0 aliphatic carbocycles. The van der Waals surface area contributed by atoms with Gasteiger partial charge in [-0.25, -0.2) is 0 Å². The molecule has 2 aliphatic rings. The number of aromatic nitrogens is 1. The number of hydrogen-bond donors (Lipinski definition) is 1. The quantitative estimate of drug-likeness (QED) is 0.902. The molecule has 6 heteroatoms. The Labute approximate surface area is 158 Å². The van der Waals surface area contributed by atoms with E-state index in [1.165, 1.54) is 0 Å². The largest absolute Gasteiger partial charge is 0.497 e. The average molecular weight is 367 g/mol. The number of carbonyl (C=O) groups excluding carboxylic acids is 1. The van der Waals surface area contributed by atoms with Gasteiger partial charge in [-0.2, -0.15) is 0 Å². The number of fused-ring (bicyclic) bond motifs is 4. The molecule has 1 amide bonds. The number of anilines is 1. The van der Waals surface area contributed by atoms with Crippen LogP contribution in [-0.2, 0) is 17.9 Å². The molecule has 1 aromatic heterocycles. The molecule has 0 spiro atoms. The number of piperidine rings is 1. The van der Waals surface area contributed by atoms with Gasteiger partial charge in [-0.05, 0) is 42.2 Å². The normalized spacial score (nSPS) is 20.7. The number of benzene rings is 1. The summed E-state index contributed by atoms with van der Waals surface area (Å²) in [6, 6.07) is 11.7. The van der Waals surface area contributed by atoms with Crippen LogP contribution in [0, 0.1) is 5.92 Å². The van der Waals surface area contributed by atoms with Crippen molar-refractivity contribution in [3.05, 3.63) is 58.0 Å². The van der Waals surface area contributed by atoms with E-state index in [4.69, 9.17) is 4.74 Å². The van der Waals surface area contributed by atoms with Crippen molar-refractivity contribution in [2.45, 2.75) is 32.4 Å². The Bertz CT molecular complexity index is 904. The Kier molecular flexibility index (Phi) is 4.64. The Balaban J connectivity index is 1.53. The van der Waals surface area contributed by atoms with E-state index in [0.29, 0.717) is 31.2 Å². The fourth-order valence-electron chi connectivity index (χ4n) is 4.28. The van der Waals surface area contributed by atoms with Crippen LogP contribution in [0.25, 0.3) is 0 Å². The number of methoxy groups -OCH3 is 1. The first-order valence-electron chi connectivity index (χ1n) is 9.41.